The van der Waals surface area contributed by atoms with E-state index in [1.165, 1.54) is 0 Å². The zero-order valence-corrected chi connectivity index (χ0v) is 13.4. The third-order valence-electron chi connectivity index (χ3n) is 3.33. The van der Waals surface area contributed by atoms with E-state index in [0.29, 0.717) is 12.2 Å². The number of amides is 1. The van der Waals surface area contributed by atoms with Crippen molar-refractivity contribution >= 4 is 34.2 Å². The van der Waals surface area contributed by atoms with Crippen LogP contribution in [0.2, 0.25) is 0 Å². The molecule has 0 aliphatic heterocycles. The Morgan fingerprint density at radius 3 is 2.39 bits per heavy atom. The number of hydrogen-bond donors (Lipinski definition) is 2. The van der Waals surface area contributed by atoms with Crippen molar-refractivity contribution in [2.75, 3.05) is 6.54 Å². The topological polar surface area (TPSA) is 60.0 Å². The van der Waals surface area contributed by atoms with Gasteiger partial charge in [0.15, 0.2) is 0 Å². The first kappa shape index (κ1) is 17.5. The van der Waals surface area contributed by atoms with Gasteiger partial charge >= 0.3 is 0 Å². The van der Waals surface area contributed by atoms with Gasteiger partial charge in [0.05, 0.1) is 5.54 Å². The number of halogens is 2. The molecule has 0 aromatic carbocycles. The fourth-order valence-corrected chi connectivity index (χ4v) is 2.35. The van der Waals surface area contributed by atoms with Gasteiger partial charge in [-0.25, -0.2) is 0 Å². The van der Waals surface area contributed by atoms with E-state index >= 15 is 0 Å². The van der Waals surface area contributed by atoms with E-state index in [-0.39, 0.29) is 23.9 Å². The summed E-state index contributed by atoms with van der Waals surface area (Å²) >= 11 is 3.36. The lowest BCUT2D eigenvalue weighted by Crippen LogP contribution is -2.53. The molecule has 18 heavy (non-hydrogen) atoms. The molecule has 0 radical (unpaired) electrons. The van der Waals surface area contributed by atoms with Crippen LogP contribution >= 0.6 is 28.3 Å². The smallest absolute Gasteiger partial charge is 0.268 e. The van der Waals surface area contributed by atoms with E-state index in [1.54, 1.807) is 4.57 Å². The number of nitrogens with zero attached hydrogens (tertiary/aromatic N) is 1. The van der Waals surface area contributed by atoms with Gasteiger partial charge in [-0.3, -0.25) is 4.79 Å². The van der Waals surface area contributed by atoms with E-state index in [4.69, 9.17) is 5.73 Å². The quantitative estimate of drug-likeness (QED) is 0.866. The molecule has 0 spiro atoms. The molecule has 0 aliphatic rings. The number of aromatic nitrogens is 1. The molecule has 0 atom stereocenters. The molecule has 1 rings (SSSR count). The molecule has 1 heterocycles. The van der Waals surface area contributed by atoms with Crippen LogP contribution in [0.1, 0.15) is 37.2 Å². The van der Waals surface area contributed by atoms with Crippen LogP contribution in [0.3, 0.4) is 0 Å². The summed E-state index contributed by atoms with van der Waals surface area (Å²) in [5.41, 5.74) is 6.11. The van der Waals surface area contributed by atoms with Crippen LogP contribution in [0.4, 0.5) is 0 Å². The lowest BCUT2D eigenvalue weighted by molar-refractivity contribution is 0.0887. The van der Waals surface area contributed by atoms with Gasteiger partial charge in [-0.1, -0.05) is 13.8 Å². The van der Waals surface area contributed by atoms with E-state index in [9.17, 15) is 4.79 Å². The predicted octanol–water partition coefficient (Wildman–Crippen LogP) is 2.46. The third kappa shape index (κ3) is 3.73. The van der Waals surface area contributed by atoms with Gasteiger partial charge in [0.25, 0.3) is 5.91 Å². The van der Waals surface area contributed by atoms with E-state index in [1.807, 2.05) is 33.2 Å². The Morgan fingerprint density at radius 2 is 2.06 bits per heavy atom. The number of nitrogens with two attached hydrogens (primary N) is 1. The van der Waals surface area contributed by atoms with Gasteiger partial charge < -0.3 is 15.6 Å². The zero-order valence-electron chi connectivity index (χ0n) is 11.0. The van der Waals surface area contributed by atoms with Crippen LogP contribution in [-0.4, -0.2) is 22.6 Å². The fraction of sp³-hybridized carbons (Fsp3) is 0.583. The summed E-state index contributed by atoms with van der Waals surface area (Å²) in [5.74, 6) is -0.0765. The molecule has 1 amide bonds. The van der Waals surface area contributed by atoms with Crippen molar-refractivity contribution in [2.45, 2.75) is 32.2 Å². The predicted molar refractivity (Wildman–Crippen MR) is 80.2 cm³/mol. The molecule has 3 N–H and O–H groups in total. The van der Waals surface area contributed by atoms with Crippen LogP contribution in [0.5, 0.6) is 0 Å². The lowest BCUT2D eigenvalue weighted by Gasteiger charge is -2.31. The summed E-state index contributed by atoms with van der Waals surface area (Å²) in [5, 5.41) is 3.04. The minimum absolute atomic E-state index is 0. The number of nitrogens with one attached hydrogen (secondary N) is 1. The van der Waals surface area contributed by atoms with Gasteiger partial charge in [-0.2, -0.15) is 0 Å². The van der Waals surface area contributed by atoms with E-state index < -0.39 is 0 Å². The van der Waals surface area contributed by atoms with E-state index in [2.05, 4.69) is 21.2 Å². The molecule has 4 nitrogen and oxygen atoms in total. The minimum Gasteiger partial charge on any atom is -0.345 e. The standard InChI is InChI=1S/C12H20BrN3O.ClH/c1-4-12(5-2,8-14)15-11(17)10-6-9(13)7-16(10)3;/h6-7H,4-5,8,14H2,1-3H3,(H,15,17);1H. The highest BCUT2D eigenvalue weighted by Crippen LogP contribution is 2.17. The van der Waals surface area contributed by atoms with Crippen LogP contribution < -0.4 is 11.1 Å². The molecule has 0 saturated carbocycles. The molecule has 0 saturated heterocycles. The molecule has 1 aromatic rings. The molecule has 104 valence electrons. The maximum atomic E-state index is 12.2. The van der Waals surface area contributed by atoms with Gasteiger partial charge in [-0.15, -0.1) is 12.4 Å². The average Bonchev–Trinajstić information content (AvgIpc) is 2.65. The highest BCUT2D eigenvalue weighted by atomic mass is 79.9. The zero-order chi connectivity index (χ0) is 13.1. The van der Waals surface area contributed by atoms with Crippen LogP contribution in [0, 0.1) is 0 Å². The summed E-state index contributed by atoms with van der Waals surface area (Å²) in [4.78, 5) is 12.2. The number of rotatable bonds is 5. The monoisotopic (exact) mass is 337 g/mol. The summed E-state index contributed by atoms with van der Waals surface area (Å²) in [7, 11) is 1.85. The summed E-state index contributed by atoms with van der Waals surface area (Å²) in [6.45, 7) is 4.53. The van der Waals surface area contributed by atoms with Crippen molar-refractivity contribution < 1.29 is 4.79 Å². The van der Waals surface area contributed by atoms with Crippen LogP contribution in [0.25, 0.3) is 0 Å². The molecule has 6 heteroatoms. The Kier molecular flexibility index (Phi) is 6.96. The number of aryl methyl sites for hydroxylation is 1. The summed E-state index contributed by atoms with van der Waals surface area (Å²) in [6.07, 6.45) is 3.52. The maximum Gasteiger partial charge on any atom is 0.268 e. The van der Waals surface area contributed by atoms with Crippen LogP contribution in [0.15, 0.2) is 16.7 Å². The molecule has 0 bridgehead atoms. The van der Waals surface area contributed by atoms with Gasteiger partial charge in [0.1, 0.15) is 5.69 Å². The molecular weight excluding hydrogens is 318 g/mol. The second kappa shape index (κ2) is 7.16. The Hall–Kier alpha value is -0.520. The first-order chi connectivity index (χ1) is 7.98. The Labute approximate surface area is 123 Å². The molecule has 0 unspecified atom stereocenters. The molecular formula is C12H21BrClN3O. The van der Waals surface area contributed by atoms with Crippen molar-refractivity contribution in [3.05, 3.63) is 22.4 Å². The lowest BCUT2D eigenvalue weighted by atomic mass is 9.93. The molecule has 1 aromatic heterocycles. The van der Waals surface area contributed by atoms with Gasteiger partial charge in [0.2, 0.25) is 0 Å². The van der Waals surface area contributed by atoms with Crippen molar-refractivity contribution in [1.29, 1.82) is 0 Å². The average molecular weight is 339 g/mol. The second-order valence-electron chi connectivity index (χ2n) is 4.30. The van der Waals surface area contributed by atoms with Gasteiger partial charge in [0, 0.05) is 24.3 Å². The van der Waals surface area contributed by atoms with Crippen molar-refractivity contribution in [3.63, 3.8) is 0 Å². The van der Waals surface area contributed by atoms with Gasteiger partial charge in [-0.05, 0) is 34.8 Å². The molecule has 0 aliphatic carbocycles. The normalized spacial score (nSPS) is 10.9. The highest BCUT2D eigenvalue weighted by molar-refractivity contribution is 9.10. The largest absolute Gasteiger partial charge is 0.345 e. The second-order valence-corrected chi connectivity index (χ2v) is 5.22. The van der Waals surface area contributed by atoms with Crippen LogP contribution in [-0.2, 0) is 7.05 Å². The third-order valence-corrected chi connectivity index (χ3v) is 3.76. The first-order valence-corrected chi connectivity index (χ1v) is 6.61. The number of carbonyl (C=O) groups excluding carboxylic acids is 1. The summed E-state index contributed by atoms with van der Waals surface area (Å²) in [6, 6.07) is 1.81. The Morgan fingerprint density at radius 1 is 1.50 bits per heavy atom. The SMILES string of the molecule is CCC(CC)(CN)NC(=O)c1cc(Br)cn1C.Cl. The molecule has 0 fully saturated rings. The number of carbonyl (C=O) groups is 1. The highest BCUT2D eigenvalue weighted by Gasteiger charge is 2.27. The Bertz CT molecular complexity index is 394. The van der Waals surface area contributed by atoms with Crippen molar-refractivity contribution in [3.8, 4) is 0 Å². The summed E-state index contributed by atoms with van der Waals surface area (Å²) < 4.78 is 2.70. The number of hydrogen-bond acceptors (Lipinski definition) is 2. The van der Waals surface area contributed by atoms with Crippen molar-refractivity contribution in [1.82, 2.24) is 9.88 Å². The Balaban J connectivity index is 0.00000289. The first-order valence-electron chi connectivity index (χ1n) is 5.82. The van der Waals surface area contributed by atoms with E-state index in [0.717, 1.165) is 17.3 Å². The fourth-order valence-electron chi connectivity index (χ4n) is 1.82. The minimum atomic E-state index is -0.298. The maximum absolute atomic E-state index is 12.2. The van der Waals surface area contributed by atoms with Crippen molar-refractivity contribution in [2.24, 2.45) is 12.8 Å².